The number of hydrazone groups is 1. The van der Waals surface area contributed by atoms with E-state index in [0.29, 0.717) is 11.3 Å². The van der Waals surface area contributed by atoms with Crippen LogP contribution in [0.4, 0.5) is 0 Å². The highest BCUT2D eigenvalue weighted by Gasteiger charge is 2.06. The van der Waals surface area contributed by atoms with Gasteiger partial charge in [0, 0.05) is 0 Å². The van der Waals surface area contributed by atoms with E-state index in [-0.39, 0.29) is 12.5 Å². The lowest BCUT2D eigenvalue weighted by Crippen LogP contribution is -2.24. The number of rotatable bonds is 6. The Kier molecular flexibility index (Phi) is 6.28. The van der Waals surface area contributed by atoms with Crippen LogP contribution in [0.15, 0.2) is 47.6 Å². The number of hydrogen-bond acceptors (Lipinski definition) is 5. The average Bonchev–Trinajstić information content (AvgIpc) is 2.63. The molecule has 0 saturated heterocycles. The molecule has 1 amide bonds. The zero-order valence-corrected chi connectivity index (χ0v) is 14.4. The Morgan fingerprint density at radius 1 is 1.12 bits per heavy atom. The molecule has 0 unspecified atom stereocenters. The Bertz CT molecular complexity index is 783. The monoisotopic (exact) mass is 340 g/mol. The van der Waals surface area contributed by atoms with Gasteiger partial charge in [-0.25, -0.2) is 10.2 Å². The van der Waals surface area contributed by atoms with Crippen molar-refractivity contribution in [3.8, 4) is 5.75 Å². The van der Waals surface area contributed by atoms with Crippen molar-refractivity contribution < 1.29 is 19.1 Å². The Morgan fingerprint density at radius 3 is 2.52 bits per heavy atom. The molecule has 6 heteroatoms. The number of benzene rings is 2. The number of esters is 1. The van der Waals surface area contributed by atoms with Crippen LogP contribution < -0.4 is 10.2 Å². The second-order valence-electron chi connectivity index (χ2n) is 5.39. The minimum atomic E-state index is -0.402. The van der Waals surface area contributed by atoms with Crippen molar-refractivity contribution in [2.24, 2.45) is 5.10 Å². The lowest BCUT2D eigenvalue weighted by molar-refractivity contribution is -0.123. The van der Waals surface area contributed by atoms with Crippen LogP contribution in [0.25, 0.3) is 0 Å². The van der Waals surface area contributed by atoms with E-state index >= 15 is 0 Å². The molecule has 2 aromatic carbocycles. The van der Waals surface area contributed by atoms with Crippen LogP contribution in [0.2, 0.25) is 0 Å². The van der Waals surface area contributed by atoms with Crippen molar-refractivity contribution in [1.82, 2.24) is 5.43 Å². The van der Waals surface area contributed by atoms with Gasteiger partial charge in [-0.2, -0.15) is 5.10 Å². The van der Waals surface area contributed by atoms with Crippen LogP contribution in [0, 0.1) is 13.8 Å². The van der Waals surface area contributed by atoms with E-state index in [1.807, 2.05) is 32.0 Å². The summed E-state index contributed by atoms with van der Waals surface area (Å²) < 4.78 is 10.1. The van der Waals surface area contributed by atoms with Crippen LogP contribution in [0.1, 0.15) is 27.0 Å². The molecule has 0 aliphatic carbocycles. The number of nitrogens with one attached hydrogen (secondary N) is 1. The molecule has 2 rings (SSSR count). The highest BCUT2D eigenvalue weighted by atomic mass is 16.5. The molecule has 2 aromatic rings. The summed E-state index contributed by atoms with van der Waals surface area (Å²) in [6, 6.07) is 12.3. The second-order valence-corrected chi connectivity index (χ2v) is 5.39. The number of methoxy groups -OCH3 is 1. The molecule has 6 nitrogen and oxygen atoms in total. The lowest BCUT2D eigenvalue weighted by atomic mass is 10.1. The second kappa shape index (κ2) is 8.63. The summed E-state index contributed by atoms with van der Waals surface area (Å²) in [7, 11) is 1.33. The third-order valence-corrected chi connectivity index (χ3v) is 3.65. The van der Waals surface area contributed by atoms with E-state index < -0.39 is 5.97 Å². The summed E-state index contributed by atoms with van der Waals surface area (Å²) in [5.74, 6) is -0.0822. The molecule has 0 radical (unpaired) electrons. The zero-order valence-electron chi connectivity index (χ0n) is 14.4. The van der Waals surface area contributed by atoms with Crippen molar-refractivity contribution in [3.63, 3.8) is 0 Å². The summed E-state index contributed by atoms with van der Waals surface area (Å²) in [4.78, 5) is 23.1. The highest BCUT2D eigenvalue weighted by Crippen LogP contribution is 2.20. The van der Waals surface area contributed by atoms with E-state index in [9.17, 15) is 9.59 Å². The van der Waals surface area contributed by atoms with Gasteiger partial charge in [-0.1, -0.05) is 24.3 Å². The zero-order chi connectivity index (χ0) is 18.2. The van der Waals surface area contributed by atoms with Crippen molar-refractivity contribution in [3.05, 3.63) is 64.7 Å². The molecule has 0 aliphatic heterocycles. The first kappa shape index (κ1) is 18.2. The van der Waals surface area contributed by atoms with Gasteiger partial charge in [0.1, 0.15) is 5.75 Å². The third kappa shape index (κ3) is 5.17. The summed E-state index contributed by atoms with van der Waals surface area (Å²) in [5, 5.41) is 3.87. The average molecular weight is 340 g/mol. The molecule has 0 aliphatic rings. The van der Waals surface area contributed by atoms with Crippen molar-refractivity contribution in [2.75, 3.05) is 13.7 Å². The molecular formula is C19H20N2O4. The van der Waals surface area contributed by atoms with E-state index in [2.05, 4.69) is 15.3 Å². The number of amides is 1. The molecule has 0 bridgehead atoms. The first-order valence-corrected chi connectivity index (χ1v) is 7.70. The first-order valence-electron chi connectivity index (χ1n) is 7.70. The Morgan fingerprint density at radius 2 is 1.84 bits per heavy atom. The van der Waals surface area contributed by atoms with E-state index in [1.165, 1.54) is 13.3 Å². The van der Waals surface area contributed by atoms with Gasteiger partial charge in [0.25, 0.3) is 5.91 Å². The summed E-state index contributed by atoms with van der Waals surface area (Å²) in [5.41, 5.74) is 5.69. The molecule has 0 spiro atoms. The SMILES string of the molecule is COC(=O)c1ccc(C=NNC(=O)COc2cccc(C)c2C)cc1. The number of hydrogen-bond donors (Lipinski definition) is 1. The molecule has 0 fully saturated rings. The normalized spacial score (nSPS) is 10.5. The number of carbonyl (C=O) groups excluding carboxylic acids is 2. The maximum Gasteiger partial charge on any atom is 0.337 e. The Labute approximate surface area is 146 Å². The van der Waals surface area contributed by atoms with Crippen LogP contribution in [0.5, 0.6) is 5.75 Å². The molecule has 25 heavy (non-hydrogen) atoms. The fourth-order valence-corrected chi connectivity index (χ4v) is 2.06. The van der Waals surface area contributed by atoms with Crippen molar-refractivity contribution in [2.45, 2.75) is 13.8 Å². The van der Waals surface area contributed by atoms with Crippen LogP contribution >= 0.6 is 0 Å². The topological polar surface area (TPSA) is 77.0 Å². The summed E-state index contributed by atoms with van der Waals surface area (Å²) >= 11 is 0. The lowest BCUT2D eigenvalue weighted by Gasteiger charge is -2.09. The number of ether oxygens (including phenoxy) is 2. The first-order chi connectivity index (χ1) is 12.0. The van der Waals surface area contributed by atoms with Crippen LogP contribution in [0.3, 0.4) is 0 Å². The molecule has 130 valence electrons. The van der Waals surface area contributed by atoms with Gasteiger partial charge in [-0.15, -0.1) is 0 Å². The largest absolute Gasteiger partial charge is 0.483 e. The molecule has 1 N–H and O–H groups in total. The predicted molar refractivity (Wildman–Crippen MR) is 94.9 cm³/mol. The van der Waals surface area contributed by atoms with Gasteiger partial charge in [0.2, 0.25) is 0 Å². The van der Waals surface area contributed by atoms with Gasteiger partial charge >= 0.3 is 5.97 Å². The Balaban J connectivity index is 1.84. The maximum absolute atomic E-state index is 11.8. The number of aryl methyl sites for hydroxylation is 1. The number of carbonyl (C=O) groups is 2. The quantitative estimate of drug-likeness (QED) is 0.498. The van der Waals surface area contributed by atoms with Gasteiger partial charge < -0.3 is 9.47 Å². The minimum Gasteiger partial charge on any atom is -0.483 e. The molecule has 0 aromatic heterocycles. The van der Waals surface area contributed by atoms with Gasteiger partial charge in [-0.3, -0.25) is 4.79 Å². The molecule has 0 saturated carbocycles. The summed E-state index contributed by atoms with van der Waals surface area (Å²) in [6.45, 7) is 3.81. The van der Waals surface area contributed by atoms with Gasteiger partial charge in [0.05, 0.1) is 18.9 Å². The molecule has 0 atom stereocenters. The standard InChI is InChI=1S/C19H20N2O4/c1-13-5-4-6-17(14(13)2)25-12-18(22)21-20-11-15-7-9-16(10-8-15)19(23)24-3/h4-11H,12H2,1-3H3,(H,21,22). The van der Waals surface area contributed by atoms with Gasteiger partial charge in [0.15, 0.2) is 6.61 Å². The van der Waals surface area contributed by atoms with E-state index in [1.54, 1.807) is 24.3 Å². The van der Waals surface area contributed by atoms with Crippen LogP contribution in [-0.2, 0) is 9.53 Å². The highest BCUT2D eigenvalue weighted by molar-refractivity contribution is 5.90. The molecule has 0 heterocycles. The number of nitrogens with zero attached hydrogens (tertiary/aromatic N) is 1. The Hall–Kier alpha value is -3.15. The maximum atomic E-state index is 11.8. The predicted octanol–water partition coefficient (Wildman–Crippen LogP) is 2.62. The van der Waals surface area contributed by atoms with E-state index in [0.717, 1.165) is 16.7 Å². The van der Waals surface area contributed by atoms with Crippen molar-refractivity contribution >= 4 is 18.1 Å². The van der Waals surface area contributed by atoms with Crippen LogP contribution in [-0.4, -0.2) is 31.8 Å². The molecular weight excluding hydrogens is 320 g/mol. The smallest absolute Gasteiger partial charge is 0.337 e. The minimum absolute atomic E-state index is 0.122. The fourth-order valence-electron chi connectivity index (χ4n) is 2.06. The van der Waals surface area contributed by atoms with Crippen molar-refractivity contribution in [1.29, 1.82) is 0 Å². The fraction of sp³-hybridized carbons (Fsp3) is 0.211. The summed E-state index contributed by atoms with van der Waals surface area (Å²) in [6.07, 6.45) is 1.48. The van der Waals surface area contributed by atoms with E-state index in [4.69, 9.17) is 4.74 Å². The van der Waals surface area contributed by atoms with Gasteiger partial charge in [-0.05, 0) is 48.7 Å². The third-order valence-electron chi connectivity index (χ3n) is 3.65.